The zero-order valence-corrected chi connectivity index (χ0v) is 12.3. The van der Waals surface area contributed by atoms with Crippen LogP contribution in [0, 0.1) is 23.7 Å². The molecule has 0 radical (unpaired) electrons. The van der Waals surface area contributed by atoms with Gasteiger partial charge in [-0.1, -0.05) is 32.4 Å². The normalized spacial score (nSPS) is 15.9. The van der Waals surface area contributed by atoms with Crippen molar-refractivity contribution in [3.8, 4) is 6.07 Å². The van der Waals surface area contributed by atoms with Gasteiger partial charge in [0.2, 0.25) is 0 Å². The molecule has 0 N–H and O–H groups in total. The molecule has 1 aromatic carbocycles. The van der Waals surface area contributed by atoms with Crippen molar-refractivity contribution in [3.05, 3.63) is 41.0 Å². The molecule has 2 heteroatoms. The van der Waals surface area contributed by atoms with E-state index in [1.54, 1.807) is 5.57 Å². The summed E-state index contributed by atoms with van der Waals surface area (Å²) in [5, 5.41) is 8.97. The first-order valence-corrected chi connectivity index (χ1v) is 6.87. The molecule has 19 heavy (non-hydrogen) atoms. The third kappa shape index (κ3) is 2.98. The summed E-state index contributed by atoms with van der Waals surface area (Å²) in [5.74, 6) is 0. The largest absolute Gasteiger partial charge is 0.367 e. The lowest BCUT2D eigenvalue weighted by atomic mass is 9.83. The Morgan fingerprint density at radius 2 is 2.00 bits per heavy atom. The minimum absolute atomic E-state index is 0.284. The van der Waals surface area contributed by atoms with Gasteiger partial charge in [0.15, 0.2) is 0 Å². The van der Waals surface area contributed by atoms with E-state index in [0.717, 1.165) is 30.6 Å². The van der Waals surface area contributed by atoms with Crippen molar-refractivity contribution in [3.63, 3.8) is 0 Å². The number of aryl methyl sites for hydroxylation is 1. The van der Waals surface area contributed by atoms with E-state index in [4.69, 9.17) is 5.26 Å². The Morgan fingerprint density at radius 3 is 2.47 bits per heavy atom. The number of hydrogen-bond donors (Lipinski definition) is 0. The van der Waals surface area contributed by atoms with Gasteiger partial charge in [0, 0.05) is 18.8 Å². The molecule has 0 saturated heterocycles. The van der Waals surface area contributed by atoms with Crippen LogP contribution in [0.15, 0.2) is 29.8 Å². The topological polar surface area (TPSA) is 27.0 Å². The summed E-state index contributed by atoms with van der Waals surface area (Å²) in [6.07, 6.45) is 3.49. The molecule has 0 spiro atoms. The summed E-state index contributed by atoms with van der Waals surface area (Å²) in [6, 6.07) is 8.32. The van der Waals surface area contributed by atoms with Crippen LogP contribution in [0.5, 0.6) is 0 Å². The van der Waals surface area contributed by atoms with Gasteiger partial charge in [-0.25, -0.2) is 0 Å². The van der Waals surface area contributed by atoms with Gasteiger partial charge >= 0.3 is 0 Å². The van der Waals surface area contributed by atoms with Crippen molar-refractivity contribution >= 4 is 5.69 Å². The lowest BCUT2D eigenvalue weighted by molar-refractivity contribution is 0.472. The molecule has 1 aliphatic heterocycles. The number of hydrogen-bond acceptors (Lipinski definition) is 2. The molecule has 0 bridgehead atoms. The smallest absolute Gasteiger partial charge is 0.0994 e. The molecule has 0 aromatic heterocycles. The zero-order chi connectivity index (χ0) is 14.0. The maximum atomic E-state index is 8.97. The minimum Gasteiger partial charge on any atom is -0.367 e. The highest BCUT2D eigenvalue weighted by Crippen LogP contribution is 2.31. The maximum absolute atomic E-state index is 8.97. The van der Waals surface area contributed by atoms with Crippen LogP contribution in [0.2, 0.25) is 0 Å². The molecule has 2 nitrogen and oxygen atoms in total. The van der Waals surface area contributed by atoms with E-state index < -0.39 is 0 Å². The molecule has 0 saturated carbocycles. The average molecular weight is 254 g/mol. The summed E-state index contributed by atoms with van der Waals surface area (Å²) in [5.41, 5.74) is 4.89. The van der Waals surface area contributed by atoms with Gasteiger partial charge < -0.3 is 4.90 Å². The van der Waals surface area contributed by atoms with Gasteiger partial charge in [-0.2, -0.15) is 5.26 Å². The van der Waals surface area contributed by atoms with Crippen molar-refractivity contribution < 1.29 is 0 Å². The minimum atomic E-state index is 0.284. The lowest BCUT2D eigenvalue weighted by Gasteiger charge is -2.33. The molecule has 0 amide bonds. The van der Waals surface area contributed by atoms with Crippen LogP contribution in [-0.2, 0) is 0 Å². The number of nitriles is 1. The number of rotatable bonds is 1. The van der Waals surface area contributed by atoms with Crippen LogP contribution in [-0.4, -0.2) is 13.1 Å². The van der Waals surface area contributed by atoms with Gasteiger partial charge in [0.25, 0.3) is 0 Å². The van der Waals surface area contributed by atoms with Gasteiger partial charge in [-0.05, 0) is 42.5 Å². The highest BCUT2D eigenvalue weighted by atomic mass is 15.1. The van der Waals surface area contributed by atoms with E-state index in [1.807, 2.05) is 13.0 Å². The predicted molar refractivity (Wildman–Crippen MR) is 80.3 cm³/mol. The molecular weight excluding hydrogens is 232 g/mol. The summed E-state index contributed by atoms with van der Waals surface area (Å²) in [6.45, 7) is 10.9. The van der Waals surface area contributed by atoms with E-state index in [0.29, 0.717) is 0 Å². The van der Waals surface area contributed by atoms with E-state index in [1.165, 1.54) is 5.69 Å². The Hall–Kier alpha value is -1.75. The number of nitrogens with zero attached hydrogens (tertiary/aromatic N) is 2. The third-order valence-electron chi connectivity index (χ3n) is 3.87. The Kier molecular flexibility index (Phi) is 3.66. The highest BCUT2D eigenvalue weighted by Gasteiger charge is 2.21. The summed E-state index contributed by atoms with van der Waals surface area (Å²) >= 11 is 0. The van der Waals surface area contributed by atoms with E-state index >= 15 is 0 Å². The Labute approximate surface area is 116 Å². The molecule has 0 atom stereocenters. The van der Waals surface area contributed by atoms with Gasteiger partial charge in [-0.15, -0.1) is 0 Å². The fourth-order valence-electron chi connectivity index (χ4n) is 2.55. The molecule has 0 unspecified atom stereocenters. The molecular formula is C17H22N2. The average Bonchev–Trinajstić information content (AvgIpc) is 2.38. The van der Waals surface area contributed by atoms with Crippen LogP contribution in [0.4, 0.5) is 5.69 Å². The summed E-state index contributed by atoms with van der Waals surface area (Å²) < 4.78 is 0. The van der Waals surface area contributed by atoms with Crippen LogP contribution in [0.3, 0.4) is 0 Å². The molecule has 1 aliphatic rings. The van der Waals surface area contributed by atoms with Gasteiger partial charge in [0.05, 0.1) is 11.6 Å². The zero-order valence-electron chi connectivity index (χ0n) is 12.3. The molecule has 2 rings (SSSR count). The predicted octanol–water partition coefficient (Wildman–Crippen LogP) is 4.05. The van der Waals surface area contributed by atoms with Crippen LogP contribution < -0.4 is 4.90 Å². The quantitative estimate of drug-likeness (QED) is 0.707. The standard InChI is InChI=1S/C17H22N2/c1-13-11-16(6-5-14(13)12-18)19-9-7-15(8-10-19)17(2,3)4/h5-7,11H,8-10H2,1-4H3. The first-order chi connectivity index (χ1) is 8.91. The molecule has 1 heterocycles. The monoisotopic (exact) mass is 254 g/mol. The Balaban J connectivity index is 2.17. The SMILES string of the molecule is Cc1cc(N2CC=C(C(C)(C)C)CC2)ccc1C#N. The van der Waals surface area contributed by atoms with Gasteiger partial charge in [-0.3, -0.25) is 0 Å². The van der Waals surface area contributed by atoms with E-state index in [2.05, 4.69) is 49.9 Å². The van der Waals surface area contributed by atoms with Crippen molar-refractivity contribution in [2.24, 2.45) is 5.41 Å². The van der Waals surface area contributed by atoms with Gasteiger partial charge in [0.1, 0.15) is 0 Å². The second kappa shape index (κ2) is 5.09. The van der Waals surface area contributed by atoms with Crippen molar-refractivity contribution in [2.75, 3.05) is 18.0 Å². The number of benzene rings is 1. The second-order valence-electron chi connectivity index (χ2n) is 6.29. The third-order valence-corrected chi connectivity index (χ3v) is 3.87. The summed E-state index contributed by atoms with van der Waals surface area (Å²) in [7, 11) is 0. The van der Waals surface area contributed by atoms with Crippen LogP contribution in [0.25, 0.3) is 0 Å². The van der Waals surface area contributed by atoms with Crippen LogP contribution >= 0.6 is 0 Å². The highest BCUT2D eigenvalue weighted by molar-refractivity contribution is 5.54. The lowest BCUT2D eigenvalue weighted by Crippen LogP contribution is -2.31. The molecule has 1 aromatic rings. The fraction of sp³-hybridized carbons (Fsp3) is 0.471. The van der Waals surface area contributed by atoms with E-state index in [-0.39, 0.29) is 5.41 Å². The Bertz CT molecular complexity index is 541. The van der Waals surface area contributed by atoms with Crippen LogP contribution in [0.1, 0.15) is 38.3 Å². The Morgan fingerprint density at radius 1 is 1.26 bits per heavy atom. The second-order valence-corrected chi connectivity index (χ2v) is 6.29. The van der Waals surface area contributed by atoms with Crippen molar-refractivity contribution in [1.82, 2.24) is 0 Å². The first kappa shape index (κ1) is 13.7. The summed E-state index contributed by atoms with van der Waals surface area (Å²) in [4.78, 5) is 2.38. The number of anilines is 1. The first-order valence-electron chi connectivity index (χ1n) is 6.87. The van der Waals surface area contributed by atoms with Crippen molar-refractivity contribution in [1.29, 1.82) is 5.26 Å². The molecule has 0 fully saturated rings. The molecule has 100 valence electrons. The van der Waals surface area contributed by atoms with E-state index in [9.17, 15) is 0 Å². The van der Waals surface area contributed by atoms with Crippen molar-refractivity contribution in [2.45, 2.75) is 34.1 Å². The molecule has 0 aliphatic carbocycles. The fourth-order valence-corrected chi connectivity index (χ4v) is 2.55. The maximum Gasteiger partial charge on any atom is 0.0994 e.